The third-order valence-electron chi connectivity index (χ3n) is 9.70. The molecule has 0 spiro atoms. The molecule has 6 aromatic rings. The van der Waals surface area contributed by atoms with Crippen molar-refractivity contribution in [3.8, 4) is 11.5 Å². The summed E-state index contributed by atoms with van der Waals surface area (Å²) >= 11 is 0. The van der Waals surface area contributed by atoms with Crippen molar-refractivity contribution in [1.29, 1.82) is 0 Å². The average Bonchev–Trinajstić information content (AvgIpc) is 3.34. The van der Waals surface area contributed by atoms with Crippen molar-refractivity contribution >= 4 is 35.1 Å². The van der Waals surface area contributed by atoms with E-state index in [1.807, 2.05) is 121 Å². The first-order chi connectivity index (χ1) is 32.9. The molecule has 6 N–H and O–H groups in total. The van der Waals surface area contributed by atoms with Crippen molar-refractivity contribution in [3.05, 3.63) is 192 Å². The van der Waals surface area contributed by atoms with Crippen LogP contribution in [0.4, 0.5) is 11.4 Å². The van der Waals surface area contributed by atoms with Gasteiger partial charge in [0.05, 0.1) is 13.2 Å². The molecule has 0 aromatic heterocycles. The molecule has 0 heterocycles. The number of hydrogen-bond donors (Lipinski definition) is 6. The van der Waals surface area contributed by atoms with Gasteiger partial charge in [-0.2, -0.15) is 0 Å². The number of rotatable bonds is 22. The van der Waals surface area contributed by atoms with Crippen LogP contribution in [0.1, 0.15) is 62.2 Å². The molecule has 0 aliphatic carbocycles. The predicted molar refractivity (Wildman–Crippen MR) is 264 cm³/mol. The van der Waals surface area contributed by atoms with Crippen molar-refractivity contribution in [3.63, 3.8) is 0 Å². The zero-order valence-corrected chi connectivity index (χ0v) is 38.9. The Balaban J connectivity index is 0.000000265. The number of carbonyl (C=O) groups is 4. The van der Waals surface area contributed by atoms with Crippen molar-refractivity contribution in [1.82, 2.24) is 10.6 Å². The Morgan fingerprint density at radius 1 is 0.441 bits per heavy atom. The standard InChI is InChI=1S/2C26H30N2O3.C2H2O4/c2*1-20(19-31-25-15-13-24(14-16-25)28-21(2)29)27-17-18-30-26(22-9-5-3-6-10-22)23-11-7-4-8-12-23;3-1(4)2(5)6/h2*3-16,20,26-27H,17-19H2,1-2H3,(H,28,29);(H,3,4)(H,5,6). The fraction of sp³-hybridized carbons (Fsp3) is 0.259. The van der Waals surface area contributed by atoms with Crippen molar-refractivity contribution < 1.29 is 48.3 Å². The Bertz CT molecular complexity index is 2110. The van der Waals surface area contributed by atoms with E-state index in [0.29, 0.717) is 26.4 Å². The molecule has 6 aromatic carbocycles. The Labute approximate surface area is 398 Å². The summed E-state index contributed by atoms with van der Waals surface area (Å²) < 4.78 is 24.1. The highest BCUT2D eigenvalue weighted by atomic mass is 16.5. The van der Waals surface area contributed by atoms with Gasteiger partial charge in [-0.05, 0) is 84.6 Å². The first kappa shape index (κ1) is 53.3. The van der Waals surface area contributed by atoms with Crippen molar-refractivity contribution in [2.45, 2.75) is 52.0 Å². The van der Waals surface area contributed by atoms with E-state index in [2.05, 4.69) is 83.6 Å². The third kappa shape index (κ3) is 20.9. The Hall–Kier alpha value is -7.36. The fourth-order valence-corrected chi connectivity index (χ4v) is 6.48. The number of carboxylic acid groups (broad SMARTS) is 2. The van der Waals surface area contributed by atoms with Crippen LogP contribution in [0, 0.1) is 0 Å². The maximum absolute atomic E-state index is 11.1. The Morgan fingerprint density at radius 2 is 0.721 bits per heavy atom. The van der Waals surface area contributed by atoms with E-state index in [9.17, 15) is 9.59 Å². The number of nitrogens with one attached hydrogen (secondary N) is 4. The second-order valence-electron chi connectivity index (χ2n) is 15.5. The SMILES string of the molecule is CC(=O)Nc1ccc(OCC(C)NCCOC(c2ccccc2)c2ccccc2)cc1.CC(=O)Nc1ccc(OCC(C)NCCOC(c2ccccc2)c2ccccc2)cc1.O=C(O)C(=O)O. The van der Waals surface area contributed by atoms with Gasteiger partial charge < -0.3 is 50.4 Å². The molecule has 2 unspecified atom stereocenters. The van der Waals surface area contributed by atoms with Crippen LogP contribution in [-0.2, 0) is 28.7 Å². The highest BCUT2D eigenvalue weighted by Gasteiger charge is 2.16. The molecule has 14 heteroatoms. The monoisotopic (exact) mass is 926 g/mol. The first-order valence-electron chi connectivity index (χ1n) is 22.2. The maximum atomic E-state index is 11.1. The second-order valence-corrected chi connectivity index (χ2v) is 15.5. The molecule has 0 aliphatic rings. The largest absolute Gasteiger partial charge is 0.492 e. The highest BCUT2D eigenvalue weighted by molar-refractivity contribution is 6.27. The Kier molecular flexibility index (Phi) is 23.5. The minimum atomic E-state index is -1.82. The van der Waals surface area contributed by atoms with Crippen LogP contribution in [0.25, 0.3) is 0 Å². The molecule has 0 aliphatic heterocycles. The van der Waals surface area contributed by atoms with Gasteiger partial charge in [-0.15, -0.1) is 0 Å². The van der Waals surface area contributed by atoms with Crippen molar-refractivity contribution in [2.75, 3.05) is 50.2 Å². The van der Waals surface area contributed by atoms with Gasteiger partial charge in [0.2, 0.25) is 11.8 Å². The van der Waals surface area contributed by atoms with Crippen LogP contribution in [0.5, 0.6) is 11.5 Å². The highest BCUT2D eigenvalue weighted by Crippen LogP contribution is 2.27. The summed E-state index contributed by atoms with van der Waals surface area (Å²) in [5.41, 5.74) is 6.10. The summed E-state index contributed by atoms with van der Waals surface area (Å²) in [5, 5.41) is 27.2. The molecule has 0 saturated heterocycles. The van der Waals surface area contributed by atoms with E-state index < -0.39 is 11.9 Å². The van der Waals surface area contributed by atoms with Gasteiger partial charge in [0.25, 0.3) is 0 Å². The molecule has 68 heavy (non-hydrogen) atoms. The molecule has 0 bridgehead atoms. The second kappa shape index (κ2) is 30.0. The lowest BCUT2D eigenvalue weighted by atomic mass is 10.0. The number of anilines is 2. The molecular weight excluding hydrogens is 865 g/mol. The van der Waals surface area contributed by atoms with E-state index in [4.69, 9.17) is 38.7 Å². The van der Waals surface area contributed by atoms with E-state index in [1.54, 1.807) is 0 Å². The number of aliphatic carboxylic acids is 2. The van der Waals surface area contributed by atoms with Crippen LogP contribution >= 0.6 is 0 Å². The number of amides is 2. The van der Waals surface area contributed by atoms with E-state index in [-0.39, 0.29) is 36.1 Å². The normalized spacial score (nSPS) is 11.4. The molecule has 14 nitrogen and oxygen atoms in total. The lowest BCUT2D eigenvalue weighted by Gasteiger charge is -2.20. The lowest BCUT2D eigenvalue weighted by Crippen LogP contribution is -2.34. The third-order valence-corrected chi connectivity index (χ3v) is 9.70. The zero-order chi connectivity index (χ0) is 48.9. The summed E-state index contributed by atoms with van der Waals surface area (Å²) in [6, 6.07) is 56.2. The molecule has 6 rings (SSSR count). The van der Waals surface area contributed by atoms with Gasteiger partial charge in [0, 0.05) is 50.4 Å². The molecule has 0 saturated carbocycles. The van der Waals surface area contributed by atoms with Gasteiger partial charge in [-0.1, -0.05) is 121 Å². The quantitative estimate of drug-likeness (QED) is 0.0281. The van der Waals surface area contributed by atoms with Gasteiger partial charge in [-0.25, -0.2) is 9.59 Å². The van der Waals surface area contributed by atoms with Gasteiger partial charge in [-0.3, -0.25) is 9.59 Å². The molecule has 2 atom stereocenters. The fourth-order valence-electron chi connectivity index (χ4n) is 6.48. The van der Waals surface area contributed by atoms with Crippen LogP contribution in [-0.4, -0.2) is 85.6 Å². The van der Waals surface area contributed by atoms with Crippen LogP contribution in [0.3, 0.4) is 0 Å². The zero-order valence-electron chi connectivity index (χ0n) is 38.9. The van der Waals surface area contributed by atoms with Gasteiger partial charge in [0.1, 0.15) is 36.9 Å². The van der Waals surface area contributed by atoms with E-state index >= 15 is 0 Å². The molecule has 0 radical (unpaired) electrons. The van der Waals surface area contributed by atoms with Crippen molar-refractivity contribution in [2.24, 2.45) is 0 Å². The number of ether oxygens (including phenoxy) is 4. The van der Waals surface area contributed by atoms with Gasteiger partial charge >= 0.3 is 11.9 Å². The molecule has 0 fully saturated rings. The summed E-state index contributed by atoms with van der Waals surface area (Å²) in [7, 11) is 0. The minimum Gasteiger partial charge on any atom is -0.492 e. The molecular formula is C54H62N4O10. The van der Waals surface area contributed by atoms with Crippen LogP contribution < -0.4 is 30.7 Å². The number of benzene rings is 6. The topological polar surface area (TPSA) is 194 Å². The number of carbonyl (C=O) groups excluding carboxylic acids is 2. The van der Waals surface area contributed by atoms with Crippen LogP contribution in [0.2, 0.25) is 0 Å². The smallest absolute Gasteiger partial charge is 0.414 e. The lowest BCUT2D eigenvalue weighted by molar-refractivity contribution is -0.159. The maximum Gasteiger partial charge on any atom is 0.414 e. The Morgan fingerprint density at radius 3 is 0.971 bits per heavy atom. The predicted octanol–water partition coefficient (Wildman–Crippen LogP) is 8.77. The summed E-state index contributed by atoms with van der Waals surface area (Å²) in [5.74, 6) is -2.28. The molecule has 2 amide bonds. The van der Waals surface area contributed by atoms with E-state index in [0.717, 1.165) is 58.2 Å². The number of carboxylic acids is 2. The summed E-state index contributed by atoms with van der Waals surface area (Å²) in [4.78, 5) is 40.4. The molecule has 358 valence electrons. The van der Waals surface area contributed by atoms with Gasteiger partial charge in [0.15, 0.2) is 0 Å². The summed E-state index contributed by atoms with van der Waals surface area (Å²) in [6.45, 7) is 10.8. The number of hydrogen-bond acceptors (Lipinski definition) is 10. The first-order valence-corrected chi connectivity index (χ1v) is 22.2. The average molecular weight is 927 g/mol. The van der Waals surface area contributed by atoms with E-state index in [1.165, 1.54) is 13.8 Å². The van der Waals surface area contributed by atoms with Crippen LogP contribution in [0.15, 0.2) is 170 Å². The summed E-state index contributed by atoms with van der Waals surface area (Å²) in [6.07, 6.45) is -0.171. The minimum absolute atomic E-state index is 0.0853.